The minimum absolute atomic E-state index is 0.112. The number of carbonyl (C=O) groups is 1. The minimum atomic E-state index is -0.721. The maximum atomic E-state index is 11.0. The molecule has 1 saturated heterocycles. The normalized spacial score (nSPS) is 23.1. The fraction of sp³-hybridized carbons (Fsp3) is 0.500. The lowest BCUT2D eigenvalue weighted by Gasteiger charge is -2.18. The highest BCUT2D eigenvalue weighted by atomic mass is 16.5. The van der Waals surface area contributed by atoms with E-state index in [0.29, 0.717) is 13.0 Å². The van der Waals surface area contributed by atoms with Crippen LogP contribution in [0.1, 0.15) is 29.2 Å². The van der Waals surface area contributed by atoms with Gasteiger partial charge in [-0.25, -0.2) is 0 Å². The molecule has 0 amide bonds. The Morgan fingerprint density at radius 3 is 2.72 bits per heavy atom. The molecule has 18 heavy (non-hydrogen) atoms. The van der Waals surface area contributed by atoms with Gasteiger partial charge in [0.25, 0.3) is 0 Å². The van der Waals surface area contributed by atoms with Crippen molar-refractivity contribution in [2.24, 2.45) is 5.92 Å². The summed E-state index contributed by atoms with van der Waals surface area (Å²) in [6, 6.07) is 4.20. The number of aryl methyl sites for hydroxylation is 1. The van der Waals surface area contributed by atoms with Gasteiger partial charge in [-0.05, 0) is 37.0 Å². The van der Waals surface area contributed by atoms with Crippen LogP contribution in [-0.4, -0.2) is 24.7 Å². The molecule has 1 fully saturated rings. The summed E-state index contributed by atoms with van der Waals surface area (Å²) in [6.45, 7) is 4.57. The minimum Gasteiger partial charge on any atom is -0.496 e. The summed E-state index contributed by atoms with van der Waals surface area (Å²) in [4.78, 5) is 11.0. The number of benzene rings is 1. The van der Waals surface area contributed by atoms with Crippen molar-refractivity contribution >= 4 is 5.97 Å². The van der Waals surface area contributed by atoms with Gasteiger partial charge in [0.2, 0.25) is 0 Å². The Morgan fingerprint density at radius 2 is 2.17 bits per heavy atom. The van der Waals surface area contributed by atoms with Gasteiger partial charge in [0, 0.05) is 12.6 Å². The molecule has 0 spiro atoms. The Kier molecular flexibility index (Phi) is 3.57. The van der Waals surface area contributed by atoms with Crippen LogP contribution in [0.15, 0.2) is 12.1 Å². The molecule has 1 aromatic carbocycles. The summed E-state index contributed by atoms with van der Waals surface area (Å²) in [5, 5.41) is 12.3. The van der Waals surface area contributed by atoms with Crippen molar-refractivity contribution in [1.82, 2.24) is 5.32 Å². The van der Waals surface area contributed by atoms with Crippen LogP contribution in [0.5, 0.6) is 5.75 Å². The molecule has 2 rings (SSSR count). The Labute approximate surface area is 107 Å². The summed E-state index contributed by atoms with van der Waals surface area (Å²) in [7, 11) is 1.67. The van der Waals surface area contributed by atoms with E-state index >= 15 is 0 Å². The van der Waals surface area contributed by atoms with Crippen molar-refractivity contribution in [2.45, 2.75) is 26.3 Å². The molecule has 4 heteroatoms. The number of nitrogens with one attached hydrogen (secondary N) is 1. The molecule has 0 bridgehead atoms. The zero-order chi connectivity index (χ0) is 13.3. The molecule has 0 saturated carbocycles. The van der Waals surface area contributed by atoms with Gasteiger partial charge in [0.05, 0.1) is 13.0 Å². The number of aliphatic carboxylic acids is 1. The van der Waals surface area contributed by atoms with Crippen molar-refractivity contribution in [3.05, 3.63) is 28.8 Å². The topological polar surface area (TPSA) is 58.6 Å². The second-order valence-corrected chi connectivity index (χ2v) is 4.86. The average Bonchev–Trinajstić information content (AvgIpc) is 2.79. The highest BCUT2D eigenvalue weighted by Gasteiger charge is 2.31. The number of methoxy groups -OCH3 is 1. The highest BCUT2D eigenvalue weighted by molar-refractivity contribution is 5.71. The van der Waals surface area contributed by atoms with Gasteiger partial charge in [0.15, 0.2) is 0 Å². The van der Waals surface area contributed by atoms with E-state index in [2.05, 4.69) is 11.4 Å². The third-order valence-electron chi connectivity index (χ3n) is 3.70. The van der Waals surface area contributed by atoms with Gasteiger partial charge in [-0.3, -0.25) is 4.79 Å². The number of carboxylic acids is 1. The molecule has 0 aromatic heterocycles. The molecule has 0 aliphatic carbocycles. The van der Waals surface area contributed by atoms with E-state index in [9.17, 15) is 4.79 Å². The number of hydrogen-bond donors (Lipinski definition) is 2. The molecule has 2 atom stereocenters. The van der Waals surface area contributed by atoms with Crippen LogP contribution in [0.4, 0.5) is 0 Å². The molecule has 1 aliphatic heterocycles. The van der Waals surface area contributed by atoms with Crippen LogP contribution in [-0.2, 0) is 4.79 Å². The van der Waals surface area contributed by atoms with E-state index in [1.54, 1.807) is 7.11 Å². The summed E-state index contributed by atoms with van der Waals surface area (Å²) < 4.78 is 5.41. The van der Waals surface area contributed by atoms with Gasteiger partial charge in [-0.2, -0.15) is 0 Å². The first-order chi connectivity index (χ1) is 8.54. The van der Waals surface area contributed by atoms with E-state index < -0.39 is 5.97 Å². The lowest BCUT2D eigenvalue weighted by atomic mass is 9.94. The van der Waals surface area contributed by atoms with Crippen molar-refractivity contribution in [3.63, 3.8) is 0 Å². The third kappa shape index (κ3) is 2.20. The lowest BCUT2D eigenvalue weighted by molar-refractivity contribution is -0.141. The predicted octanol–water partition coefficient (Wildman–Crippen LogP) is 2.05. The SMILES string of the molecule is COc1c(C)ccc(C2CC(C(=O)O)CN2)c1C. The average molecular weight is 249 g/mol. The standard InChI is InChI=1S/C14H19NO3/c1-8-4-5-11(9(2)13(8)18-3)12-6-10(7-15-12)14(16)17/h4-5,10,12,15H,6-7H2,1-3H3,(H,16,17). The lowest BCUT2D eigenvalue weighted by Crippen LogP contribution is -2.17. The number of ether oxygens (including phenoxy) is 1. The van der Waals surface area contributed by atoms with Gasteiger partial charge in [-0.1, -0.05) is 12.1 Å². The number of hydrogen-bond acceptors (Lipinski definition) is 3. The van der Waals surface area contributed by atoms with Crippen molar-refractivity contribution < 1.29 is 14.6 Å². The van der Waals surface area contributed by atoms with Crippen molar-refractivity contribution in [3.8, 4) is 5.75 Å². The fourth-order valence-electron chi connectivity index (χ4n) is 2.69. The zero-order valence-electron chi connectivity index (χ0n) is 11.0. The van der Waals surface area contributed by atoms with Gasteiger partial charge in [0.1, 0.15) is 5.75 Å². The molecule has 2 unspecified atom stereocenters. The second kappa shape index (κ2) is 4.98. The molecule has 1 aliphatic rings. The van der Waals surface area contributed by atoms with Crippen LogP contribution in [0.2, 0.25) is 0 Å². The molecule has 1 aromatic rings. The molecule has 1 heterocycles. The summed E-state index contributed by atoms with van der Waals surface area (Å²) >= 11 is 0. The van der Waals surface area contributed by atoms with Gasteiger partial charge < -0.3 is 15.2 Å². The smallest absolute Gasteiger partial charge is 0.307 e. The molecule has 2 N–H and O–H groups in total. The largest absolute Gasteiger partial charge is 0.496 e. The Hall–Kier alpha value is -1.55. The van der Waals surface area contributed by atoms with Crippen LogP contribution in [0.25, 0.3) is 0 Å². The zero-order valence-corrected chi connectivity index (χ0v) is 11.0. The van der Waals surface area contributed by atoms with Crippen LogP contribution in [0.3, 0.4) is 0 Å². The molecular weight excluding hydrogens is 230 g/mol. The Balaban J connectivity index is 2.28. The maximum absolute atomic E-state index is 11.0. The quantitative estimate of drug-likeness (QED) is 0.860. The summed E-state index contributed by atoms with van der Waals surface area (Å²) in [6.07, 6.45) is 0.641. The van der Waals surface area contributed by atoms with E-state index in [-0.39, 0.29) is 12.0 Å². The summed E-state index contributed by atoms with van der Waals surface area (Å²) in [5.74, 6) is -0.114. The molecular formula is C14H19NO3. The molecule has 98 valence electrons. The Morgan fingerprint density at radius 1 is 1.44 bits per heavy atom. The molecule has 0 radical (unpaired) electrons. The van der Waals surface area contributed by atoms with Gasteiger partial charge >= 0.3 is 5.97 Å². The van der Waals surface area contributed by atoms with Crippen molar-refractivity contribution in [2.75, 3.05) is 13.7 Å². The van der Waals surface area contributed by atoms with Crippen molar-refractivity contribution in [1.29, 1.82) is 0 Å². The third-order valence-corrected chi connectivity index (χ3v) is 3.70. The second-order valence-electron chi connectivity index (χ2n) is 4.86. The first-order valence-electron chi connectivity index (χ1n) is 6.15. The van der Waals surface area contributed by atoms with E-state index in [1.807, 2.05) is 19.9 Å². The Bertz CT molecular complexity index is 470. The van der Waals surface area contributed by atoms with Crippen LogP contribution in [0, 0.1) is 19.8 Å². The van der Waals surface area contributed by atoms with E-state index in [0.717, 1.165) is 22.4 Å². The van der Waals surface area contributed by atoms with E-state index in [4.69, 9.17) is 9.84 Å². The number of rotatable bonds is 3. The van der Waals surface area contributed by atoms with Gasteiger partial charge in [-0.15, -0.1) is 0 Å². The molecule has 4 nitrogen and oxygen atoms in total. The van der Waals surface area contributed by atoms with E-state index in [1.165, 1.54) is 0 Å². The first kappa shape index (κ1) is 12.9. The highest BCUT2D eigenvalue weighted by Crippen LogP contribution is 2.34. The van der Waals surface area contributed by atoms with Crippen LogP contribution < -0.4 is 10.1 Å². The number of carboxylic acid groups (broad SMARTS) is 1. The fourth-order valence-corrected chi connectivity index (χ4v) is 2.69. The first-order valence-corrected chi connectivity index (χ1v) is 6.15. The predicted molar refractivity (Wildman–Crippen MR) is 69.0 cm³/mol. The monoisotopic (exact) mass is 249 g/mol. The maximum Gasteiger partial charge on any atom is 0.307 e. The van der Waals surface area contributed by atoms with Crippen LogP contribution >= 0.6 is 0 Å². The summed E-state index contributed by atoms with van der Waals surface area (Å²) in [5.41, 5.74) is 3.34.